The molecule has 4 aliphatic heterocycles. The monoisotopic (exact) mass is 515 g/mol. The van der Waals surface area contributed by atoms with Crippen molar-refractivity contribution in [3.63, 3.8) is 0 Å². The van der Waals surface area contributed by atoms with Gasteiger partial charge in [0.15, 0.2) is 5.82 Å². The van der Waals surface area contributed by atoms with E-state index in [4.69, 9.17) is 9.47 Å². The van der Waals surface area contributed by atoms with Crippen LogP contribution in [0.4, 0.5) is 20.3 Å². The van der Waals surface area contributed by atoms with Crippen LogP contribution >= 0.6 is 0 Å². The minimum Gasteiger partial charge on any atom is -0.506 e. The second-order valence-electron chi connectivity index (χ2n) is 10.4. The van der Waals surface area contributed by atoms with E-state index in [9.17, 15) is 18.7 Å². The van der Waals surface area contributed by atoms with Gasteiger partial charge in [0.05, 0.1) is 23.9 Å². The summed E-state index contributed by atoms with van der Waals surface area (Å²) < 4.78 is 40.9. The van der Waals surface area contributed by atoms with Crippen molar-refractivity contribution in [2.45, 2.75) is 50.4 Å². The number of anilines is 2. The first-order valence-corrected chi connectivity index (χ1v) is 13.0. The van der Waals surface area contributed by atoms with E-state index in [0.717, 1.165) is 25.8 Å². The van der Waals surface area contributed by atoms with Gasteiger partial charge in [-0.1, -0.05) is 6.07 Å². The third-order valence-electron chi connectivity index (χ3n) is 8.07. The predicted octanol–water partition coefficient (Wildman–Crippen LogP) is 3.22. The fraction of sp³-hybridized carbons (Fsp3) is 0.577. The smallest absolute Gasteiger partial charge is 0.318 e. The van der Waals surface area contributed by atoms with Crippen LogP contribution in [0.1, 0.15) is 54.7 Å². The summed E-state index contributed by atoms with van der Waals surface area (Å²) in [5.74, 6) is -1.10. The van der Waals surface area contributed by atoms with Gasteiger partial charge in [0.1, 0.15) is 35.6 Å². The van der Waals surface area contributed by atoms with Gasteiger partial charge in [-0.05, 0) is 44.9 Å². The molecule has 0 radical (unpaired) electrons. The molecule has 9 nitrogen and oxygen atoms in total. The van der Waals surface area contributed by atoms with Crippen LogP contribution in [0.3, 0.4) is 0 Å². The fourth-order valence-electron chi connectivity index (χ4n) is 6.31. The van der Waals surface area contributed by atoms with Gasteiger partial charge in [0, 0.05) is 32.7 Å². The minimum atomic E-state index is -0.878. The number of carbonyl (C=O) groups is 1. The number of halogens is 2. The van der Waals surface area contributed by atoms with Crippen molar-refractivity contribution >= 4 is 17.4 Å². The third kappa shape index (κ3) is 4.08. The van der Waals surface area contributed by atoms with Crippen molar-refractivity contribution < 1.29 is 28.2 Å². The molecule has 2 aromatic rings. The number of amides is 1. The van der Waals surface area contributed by atoms with Crippen LogP contribution in [-0.2, 0) is 4.74 Å². The summed E-state index contributed by atoms with van der Waals surface area (Å²) in [5.41, 5.74) is 0.124. The average molecular weight is 516 g/mol. The Morgan fingerprint density at radius 1 is 1.22 bits per heavy atom. The second kappa shape index (κ2) is 9.36. The summed E-state index contributed by atoms with van der Waals surface area (Å²) in [6, 6.07) is 3.39. The van der Waals surface area contributed by atoms with Gasteiger partial charge in [-0.15, -0.1) is 0 Å². The van der Waals surface area contributed by atoms with Gasteiger partial charge in [0.2, 0.25) is 0 Å². The Morgan fingerprint density at radius 2 is 2.08 bits per heavy atom. The summed E-state index contributed by atoms with van der Waals surface area (Å²) >= 11 is 0. The van der Waals surface area contributed by atoms with Gasteiger partial charge in [0.25, 0.3) is 5.91 Å². The van der Waals surface area contributed by atoms with Gasteiger partial charge < -0.3 is 19.5 Å². The number of nitrogens with zero attached hydrogens (tertiary/aromatic N) is 5. The Labute approximate surface area is 214 Å². The maximum absolute atomic E-state index is 14.8. The van der Waals surface area contributed by atoms with Crippen LogP contribution < -0.4 is 14.5 Å². The molecule has 11 heteroatoms. The number of rotatable bonds is 5. The molecule has 1 amide bonds. The number of aromatic hydroxyl groups is 1. The summed E-state index contributed by atoms with van der Waals surface area (Å²) in [7, 11) is 0. The lowest BCUT2D eigenvalue weighted by molar-refractivity contribution is 0.0990. The van der Waals surface area contributed by atoms with Crippen LogP contribution in [0.25, 0.3) is 0 Å². The van der Waals surface area contributed by atoms with Crippen LogP contribution in [0.2, 0.25) is 0 Å². The number of para-hydroxylation sites is 1. The van der Waals surface area contributed by atoms with Gasteiger partial charge in [-0.25, -0.2) is 8.78 Å². The van der Waals surface area contributed by atoms with Gasteiger partial charge in [-0.2, -0.15) is 9.97 Å². The SMILES string of the molecule is CC1c2nc(OCC34CCCN3C[C@H](F)C4)nc(N3CCCOCC3)c2C(=O)N1c1c(O)cccc1F. The lowest BCUT2D eigenvalue weighted by atomic mass is 9.95. The lowest BCUT2D eigenvalue weighted by Crippen LogP contribution is -2.43. The average Bonchev–Trinajstić information content (AvgIpc) is 3.35. The zero-order valence-electron chi connectivity index (χ0n) is 20.8. The standard InChI is InChI=1S/C26H31F2N5O4/c1-16-21-20(24(35)33(16)22-18(28)5-2-6-19(22)34)23(31-8-4-11-36-12-10-31)30-25(29-21)37-15-26-7-3-9-32(26)14-17(27)13-26/h2,5-6,16-17,34H,3-4,7-15H2,1H3/t16?,17-,26?/m1/s1. The molecule has 3 atom stereocenters. The Morgan fingerprint density at radius 3 is 2.92 bits per heavy atom. The van der Waals surface area contributed by atoms with E-state index in [1.807, 2.05) is 4.90 Å². The number of phenols is 1. The van der Waals surface area contributed by atoms with Crippen LogP contribution in [0, 0.1) is 5.82 Å². The molecular weight excluding hydrogens is 484 g/mol. The van der Waals surface area contributed by atoms with E-state index in [-0.39, 0.29) is 35.2 Å². The molecular formula is C26H31F2N5O4. The molecule has 198 valence electrons. The molecule has 1 N–H and O–H groups in total. The van der Waals surface area contributed by atoms with Crippen molar-refractivity contribution in [3.05, 3.63) is 35.3 Å². The molecule has 3 fully saturated rings. The normalized spacial score (nSPS) is 27.9. The molecule has 3 saturated heterocycles. The number of benzene rings is 1. The molecule has 1 aromatic carbocycles. The van der Waals surface area contributed by atoms with Crippen molar-refractivity contribution in [1.82, 2.24) is 14.9 Å². The van der Waals surface area contributed by atoms with Crippen molar-refractivity contribution in [2.75, 3.05) is 55.8 Å². The molecule has 0 aliphatic carbocycles. The molecule has 1 aromatic heterocycles. The second-order valence-corrected chi connectivity index (χ2v) is 10.4. The number of phenolic OH excluding ortho intramolecular Hbond substituents is 1. The molecule has 5 heterocycles. The highest BCUT2D eigenvalue weighted by Gasteiger charge is 2.50. The highest BCUT2D eigenvalue weighted by atomic mass is 19.1. The number of carbonyl (C=O) groups excluding carboxylic acids is 1. The topological polar surface area (TPSA) is 91.3 Å². The van der Waals surface area contributed by atoms with E-state index < -0.39 is 23.9 Å². The van der Waals surface area contributed by atoms with Crippen LogP contribution in [-0.4, -0.2) is 83.6 Å². The number of alkyl halides is 1. The number of hydrogen-bond acceptors (Lipinski definition) is 8. The number of hydrogen-bond donors (Lipinski definition) is 1. The van der Waals surface area contributed by atoms with Crippen LogP contribution in [0.15, 0.2) is 18.2 Å². The van der Waals surface area contributed by atoms with Crippen molar-refractivity contribution in [1.29, 1.82) is 0 Å². The highest BCUT2D eigenvalue weighted by Crippen LogP contribution is 2.45. The largest absolute Gasteiger partial charge is 0.506 e. The predicted molar refractivity (Wildman–Crippen MR) is 132 cm³/mol. The molecule has 0 spiro atoms. The zero-order chi connectivity index (χ0) is 25.7. The molecule has 37 heavy (non-hydrogen) atoms. The summed E-state index contributed by atoms with van der Waals surface area (Å²) in [4.78, 5) is 28.4. The maximum Gasteiger partial charge on any atom is 0.318 e. The summed E-state index contributed by atoms with van der Waals surface area (Å²) in [6.07, 6.45) is 2.14. The van der Waals surface area contributed by atoms with E-state index in [1.165, 1.54) is 23.1 Å². The molecule has 2 unspecified atom stereocenters. The zero-order valence-corrected chi connectivity index (χ0v) is 20.8. The Kier molecular flexibility index (Phi) is 6.15. The maximum atomic E-state index is 14.8. The summed E-state index contributed by atoms with van der Waals surface area (Å²) in [5, 5.41) is 10.4. The summed E-state index contributed by atoms with van der Waals surface area (Å²) in [6.45, 7) is 5.49. The van der Waals surface area contributed by atoms with E-state index in [1.54, 1.807) is 6.92 Å². The first kappa shape index (κ1) is 24.3. The molecule has 6 rings (SSSR count). The molecule has 0 bridgehead atoms. The van der Waals surface area contributed by atoms with Crippen LogP contribution in [0.5, 0.6) is 11.8 Å². The van der Waals surface area contributed by atoms with E-state index in [0.29, 0.717) is 50.8 Å². The number of ether oxygens (including phenoxy) is 2. The Bertz CT molecular complexity index is 1190. The first-order chi connectivity index (χ1) is 17.9. The number of aromatic nitrogens is 2. The van der Waals surface area contributed by atoms with Gasteiger partial charge in [-0.3, -0.25) is 14.6 Å². The van der Waals surface area contributed by atoms with E-state index in [2.05, 4.69) is 14.9 Å². The molecule has 4 aliphatic rings. The number of fused-ring (bicyclic) bond motifs is 2. The lowest BCUT2D eigenvalue weighted by Gasteiger charge is -2.31. The fourth-order valence-corrected chi connectivity index (χ4v) is 6.31. The highest BCUT2D eigenvalue weighted by molar-refractivity contribution is 6.14. The minimum absolute atomic E-state index is 0.113. The Hall–Kier alpha value is -3.05. The molecule has 0 saturated carbocycles. The first-order valence-electron chi connectivity index (χ1n) is 13.0. The van der Waals surface area contributed by atoms with E-state index >= 15 is 0 Å². The van der Waals surface area contributed by atoms with Gasteiger partial charge >= 0.3 is 6.01 Å². The quantitative estimate of drug-likeness (QED) is 0.649. The Balaban J connectivity index is 1.38. The van der Waals surface area contributed by atoms with Crippen molar-refractivity contribution in [3.8, 4) is 11.8 Å². The van der Waals surface area contributed by atoms with Crippen molar-refractivity contribution in [2.24, 2.45) is 0 Å². The third-order valence-corrected chi connectivity index (χ3v) is 8.07.